The van der Waals surface area contributed by atoms with Crippen LogP contribution in [-0.2, 0) is 14.3 Å². The molecule has 1 unspecified atom stereocenters. The van der Waals surface area contributed by atoms with Gasteiger partial charge < -0.3 is 14.7 Å². The van der Waals surface area contributed by atoms with Gasteiger partial charge in [-0.15, -0.1) is 0 Å². The van der Waals surface area contributed by atoms with Crippen molar-refractivity contribution in [3.63, 3.8) is 0 Å². The second kappa shape index (κ2) is 6.50. The van der Waals surface area contributed by atoms with E-state index in [0.717, 1.165) is 0 Å². The smallest absolute Gasteiger partial charge is 0.290 e. The van der Waals surface area contributed by atoms with Gasteiger partial charge in [0.05, 0.1) is 18.2 Å². The van der Waals surface area contributed by atoms with Crippen LogP contribution in [0.1, 0.15) is 32.4 Å². The largest absolute Gasteiger partial charge is 0.503 e. The van der Waals surface area contributed by atoms with E-state index < -0.39 is 23.1 Å². The summed E-state index contributed by atoms with van der Waals surface area (Å²) >= 11 is 0. The number of aromatic nitrogens is 1. The average molecular weight is 318 g/mol. The molecule has 1 N–H and O–H groups in total. The lowest BCUT2D eigenvalue weighted by atomic mass is 9.82. The number of ketones is 1. The minimum Gasteiger partial charge on any atom is -0.503 e. The van der Waals surface area contributed by atoms with Gasteiger partial charge in [-0.3, -0.25) is 14.6 Å². The highest BCUT2D eigenvalue weighted by Gasteiger charge is 2.45. The molecule has 0 fully saturated rings. The zero-order valence-electron chi connectivity index (χ0n) is 13.9. The maximum atomic E-state index is 12.8. The molecular weight excluding hydrogens is 296 g/mol. The summed E-state index contributed by atoms with van der Waals surface area (Å²) in [5, 5.41) is 10.3. The lowest BCUT2D eigenvalue weighted by molar-refractivity contribution is -0.130. The van der Waals surface area contributed by atoms with Gasteiger partial charge in [-0.25, -0.2) is 0 Å². The molecule has 0 saturated heterocycles. The molecule has 0 spiro atoms. The molecule has 0 saturated carbocycles. The van der Waals surface area contributed by atoms with Crippen LogP contribution in [0.2, 0.25) is 0 Å². The molecule has 6 heteroatoms. The molecule has 2 heterocycles. The standard InChI is InChI=1S/C17H22N2O4/c1-17(2,3)15(21)12-13(11-6-5-7-18-10-11)19(8-9-23-4)16(22)14(12)20/h5-7,10,13,20H,8-9H2,1-4H3. The molecule has 0 bridgehead atoms. The zero-order valence-corrected chi connectivity index (χ0v) is 13.9. The number of nitrogens with zero attached hydrogens (tertiary/aromatic N) is 2. The number of rotatable bonds is 5. The predicted octanol–water partition coefficient (Wildman–Crippen LogP) is 2.04. The minimum absolute atomic E-state index is 0.131. The van der Waals surface area contributed by atoms with Gasteiger partial charge in [0.1, 0.15) is 0 Å². The first-order chi connectivity index (χ1) is 10.8. The summed E-state index contributed by atoms with van der Waals surface area (Å²) in [6, 6.07) is 2.89. The molecule has 23 heavy (non-hydrogen) atoms. The molecule has 0 aromatic carbocycles. The van der Waals surface area contributed by atoms with Gasteiger partial charge in [0.25, 0.3) is 5.91 Å². The Morgan fingerprint density at radius 2 is 2.13 bits per heavy atom. The van der Waals surface area contributed by atoms with Crippen molar-refractivity contribution in [3.8, 4) is 0 Å². The van der Waals surface area contributed by atoms with Crippen LogP contribution in [0.15, 0.2) is 35.9 Å². The second-order valence-corrected chi connectivity index (χ2v) is 6.52. The lowest BCUT2D eigenvalue weighted by Gasteiger charge is -2.28. The van der Waals surface area contributed by atoms with Crippen molar-refractivity contribution in [1.29, 1.82) is 0 Å². The van der Waals surface area contributed by atoms with Crippen LogP contribution in [0.4, 0.5) is 0 Å². The third-order valence-electron chi connectivity index (χ3n) is 3.77. The van der Waals surface area contributed by atoms with Gasteiger partial charge in [-0.1, -0.05) is 26.8 Å². The Bertz CT molecular complexity index is 632. The first kappa shape index (κ1) is 17.1. The molecule has 2 rings (SSSR count). The van der Waals surface area contributed by atoms with Gasteiger partial charge in [0, 0.05) is 31.5 Å². The van der Waals surface area contributed by atoms with E-state index in [1.807, 2.05) is 0 Å². The quantitative estimate of drug-likeness (QED) is 0.898. The van der Waals surface area contributed by atoms with E-state index in [2.05, 4.69) is 4.98 Å². The average Bonchev–Trinajstić information content (AvgIpc) is 2.76. The number of aliphatic hydroxyl groups excluding tert-OH is 1. The summed E-state index contributed by atoms with van der Waals surface area (Å²) in [7, 11) is 1.54. The van der Waals surface area contributed by atoms with Crippen molar-refractivity contribution in [2.45, 2.75) is 26.8 Å². The van der Waals surface area contributed by atoms with Crippen LogP contribution in [-0.4, -0.2) is 46.9 Å². The Balaban J connectivity index is 2.52. The van der Waals surface area contributed by atoms with Gasteiger partial charge in [0.15, 0.2) is 11.5 Å². The van der Waals surface area contributed by atoms with Crippen LogP contribution >= 0.6 is 0 Å². The Morgan fingerprint density at radius 3 is 2.65 bits per heavy atom. The maximum absolute atomic E-state index is 12.8. The Hall–Kier alpha value is -2.21. The van der Waals surface area contributed by atoms with E-state index in [1.165, 1.54) is 12.0 Å². The molecule has 1 atom stereocenters. The fourth-order valence-corrected chi connectivity index (χ4v) is 2.59. The van der Waals surface area contributed by atoms with Gasteiger partial charge >= 0.3 is 0 Å². The highest BCUT2D eigenvalue weighted by molar-refractivity contribution is 6.10. The summed E-state index contributed by atoms with van der Waals surface area (Å²) in [6.45, 7) is 5.88. The van der Waals surface area contributed by atoms with Crippen LogP contribution < -0.4 is 0 Å². The number of amides is 1. The topological polar surface area (TPSA) is 79.7 Å². The first-order valence-electron chi connectivity index (χ1n) is 7.46. The molecule has 1 aromatic rings. The lowest BCUT2D eigenvalue weighted by Crippen LogP contribution is -2.35. The molecule has 6 nitrogen and oxygen atoms in total. The second-order valence-electron chi connectivity index (χ2n) is 6.52. The summed E-state index contributed by atoms with van der Waals surface area (Å²) in [5.74, 6) is -1.28. The minimum atomic E-state index is -0.707. The number of ether oxygens (including phenoxy) is 1. The maximum Gasteiger partial charge on any atom is 0.290 e. The summed E-state index contributed by atoms with van der Waals surface area (Å²) in [5.41, 5.74) is 0.113. The number of carbonyl (C=O) groups excluding carboxylic acids is 2. The molecule has 0 aliphatic carbocycles. The highest BCUT2D eigenvalue weighted by atomic mass is 16.5. The molecule has 1 amide bonds. The molecule has 0 radical (unpaired) electrons. The molecule has 1 aliphatic rings. The Labute approximate surface area is 135 Å². The summed E-state index contributed by atoms with van der Waals surface area (Å²) in [4.78, 5) is 30.7. The number of hydrogen-bond acceptors (Lipinski definition) is 5. The number of pyridine rings is 1. The van der Waals surface area contributed by atoms with E-state index in [9.17, 15) is 14.7 Å². The van der Waals surface area contributed by atoms with Crippen molar-refractivity contribution in [2.75, 3.05) is 20.3 Å². The third-order valence-corrected chi connectivity index (χ3v) is 3.77. The first-order valence-corrected chi connectivity index (χ1v) is 7.46. The van der Waals surface area contributed by atoms with Crippen molar-refractivity contribution >= 4 is 11.7 Å². The number of methoxy groups -OCH3 is 1. The van der Waals surface area contributed by atoms with Crippen LogP contribution in [0.25, 0.3) is 0 Å². The Morgan fingerprint density at radius 1 is 1.43 bits per heavy atom. The Kier molecular flexibility index (Phi) is 4.85. The number of carbonyl (C=O) groups is 2. The predicted molar refractivity (Wildman–Crippen MR) is 84.7 cm³/mol. The van der Waals surface area contributed by atoms with E-state index in [1.54, 1.807) is 45.3 Å². The molecule has 1 aromatic heterocycles. The highest BCUT2D eigenvalue weighted by Crippen LogP contribution is 2.40. The van der Waals surface area contributed by atoms with Crippen molar-refractivity contribution in [3.05, 3.63) is 41.4 Å². The fourth-order valence-electron chi connectivity index (χ4n) is 2.59. The normalized spacial score (nSPS) is 18.7. The molecular formula is C17H22N2O4. The molecule has 1 aliphatic heterocycles. The van der Waals surface area contributed by atoms with Gasteiger partial charge in [0.2, 0.25) is 0 Å². The van der Waals surface area contributed by atoms with Crippen LogP contribution in [0, 0.1) is 5.41 Å². The monoisotopic (exact) mass is 318 g/mol. The summed E-state index contributed by atoms with van der Waals surface area (Å²) in [6.07, 6.45) is 3.22. The SMILES string of the molecule is COCCN1C(=O)C(O)=C(C(=O)C(C)(C)C)C1c1cccnc1. The van der Waals surface area contributed by atoms with E-state index in [4.69, 9.17) is 4.74 Å². The van der Waals surface area contributed by atoms with E-state index in [-0.39, 0.29) is 17.9 Å². The molecule has 124 valence electrons. The van der Waals surface area contributed by atoms with Crippen LogP contribution in [0.5, 0.6) is 0 Å². The number of hydrogen-bond donors (Lipinski definition) is 1. The van der Waals surface area contributed by atoms with Crippen LogP contribution in [0.3, 0.4) is 0 Å². The van der Waals surface area contributed by atoms with Crippen molar-refractivity contribution < 1.29 is 19.4 Å². The fraction of sp³-hybridized carbons (Fsp3) is 0.471. The van der Waals surface area contributed by atoms with Crippen molar-refractivity contribution in [1.82, 2.24) is 9.88 Å². The zero-order chi connectivity index (χ0) is 17.2. The van der Waals surface area contributed by atoms with E-state index >= 15 is 0 Å². The summed E-state index contributed by atoms with van der Waals surface area (Å²) < 4.78 is 5.04. The van der Waals surface area contributed by atoms with Gasteiger partial charge in [-0.05, 0) is 11.6 Å². The van der Waals surface area contributed by atoms with Crippen molar-refractivity contribution in [2.24, 2.45) is 5.41 Å². The van der Waals surface area contributed by atoms with Gasteiger partial charge in [-0.2, -0.15) is 0 Å². The number of Topliss-reactive ketones (excluding diaryl/α,β-unsaturated/α-hetero) is 1. The van der Waals surface area contributed by atoms with E-state index in [0.29, 0.717) is 12.2 Å². The number of aliphatic hydroxyl groups is 1. The third kappa shape index (κ3) is 3.27.